The molecule has 0 aliphatic carbocycles. The third-order valence-electron chi connectivity index (χ3n) is 3.51. The van der Waals surface area contributed by atoms with E-state index in [1.54, 1.807) is 23.5 Å². The summed E-state index contributed by atoms with van der Waals surface area (Å²) in [5.74, 6) is -0.197. The van der Waals surface area contributed by atoms with Crippen molar-refractivity contribution in [2.75, 3.05) is 13.1 Å². The van der Waals surface area contributed by atoms with Crippen LogP contribution >= 0.6 is 11.3 Å². The maximum absolute atomic E-state index is 13.7. The molecule has 0 atom stereocenters. The predicted molar refractivity (Wildman–Crippen MR) is 76.6 cm³/mol. The number of hydrogen-bond acceptors (Lipinski definition) is 3. The summed E-state index contributed by atoms with van der Waals surface area (Å²) in [6, 6.07) is 6.83. The monoisotopic (exact) mass is 276 g/mol. The molecule has 4 heteroatoms. The van der Waals surface area contributed by atoms with Crippen molar-refractivity contribution in [3.63, 3.8) is 0 Å². The van der Waals surface area contributed by atoms with Gasteiger partial charge in [-0.15, -0.1) is 11.3 Å². The van der Waals surface area contributed by atoms with Gasteiger partial charge in [0.1, 0.15) is 10.8 Å². The van der Waals surface area contributed by atoms with Crippen LogP contribution in [0.3, 0.4) is 0 Å². The van der Waals surface area contributed by atoms with Crippen LogP contribution in [0.25, 0.3) is 11.3 Å². The standard InChI is InChI=1S/C15H17FN2S/c16-13-7-3-2-6-12(13)14-11-19-15(17-14)10-18-8-4-1-5-9-18/h2-3,6-7,11H,1,4-5,8-10H2. The van der Waals surface area contributed by atoms with Gasteiger partial charge in [-0.2, -0.15) is 0 Å². The third kappa shape index (κ3) is 3.01. The zero-order chi connectivity index (χ0) is 13.1. The lowest BCUT2D eigenvalue weighted by Crippen LogP contribution is -2.28. The quantitative estimate of drug-likeness (QED) is 0.844. The van der Waals surface area contributed by atoms with Crippen molar-refractivity contribution in [2.24, 2.45) is 0 Å². The predicted octanol–water partition coefficient (Wildman–Crippen LogP) is 3.94. The van der Waals surface area contributed by atoms with Gasteiger partial charge in [0.05, 0.1) is 12.2 Å². The number of piperidine rings is 1. The Morgan fingerprint density at radius 3 is 2.74 bits per heavy atom. The van der Waals surface area contributed by atoms with Crippen LogP contribution in [0.5, 0.6) is 0 Å². The van der Waals surface area contributed by atoms with Crippen LogP contribution in [0.1, 0.15) is 24.3 Å². The molecule has 0 amide bonds. The van der Waals surface area contributed by atoms with Crippen LogP contribution in [0.4, 0.5) is 4.39 Å². The van der Waals surface area contributed by atoms with E-state index in [0.717, 1.165) is 30.3 Å². The van der Waals surface area contributed by atoms with Gasteiger partial charge in [0.25, 0.3) is 0 Å². The van der Waals surface area contributed by atoms with Crippen molar-refractivity contribution < 1.29 is 4.39 Å². The minimum Gasteiger partial charge on any atom is -0.297 e. The number of thiazole rings is 1. The van der Waals surface area contributed by atoms with Crippen molar-refractivity contribution in [1.29, 1.82) is 0 Å². The van der Waals surface area contributed by atoms with Crippen LogP contribution in [0, 0.1) is 5.82 Å². The van der Waals surface area contributed by atoms with E-state index >= 15 is 0 Å². The first-order valence-corrected chi connectivity index (χ1v) is 7.62. The minimum absolute atomic E-state index is 0.197. The van der Waals surface area contributed by atoms with Gasteiger partial charge in [-0.25, -0.2) is 9.37 Å². The molecule has 1 aliphatic rings. The fraction of sp³-hybridized carbons (Fsp3) is 0.400. The van der Waals surface area contributed by atoms with Crippen LogP contribution in [0.15, 0.2) is 29.6 Å². The molecular formula is C15H17FN2S. The van der Waals surface area contributed by atoms with E-state index in [-0.39, 0.29) is 5.82 Å². The summed E-state index contributed by atoms with van der Waals surface area (Å²) in [7, 11) is 0. The molecule has 0 unspecified atom stereocenters. The van der Waals surface area contributed by atoms with Crippen LogP contribution < -0.4 is 0 Å². The van der Waals surface area contributed by atoms with Crippen molar-refractivity contribution in [3.05, 3.63) is 40.5 Å². The second kappa shape index (κ2) is 5.80. The van der Waals surface area contributed by atoms with Gasteiger partial charge in [-0.3, -0.25) is 4.90 Å². The van der Waals surface area contributed by atoms with Gasteiger partial charge in [-0.1, -0.05) is 18.6 Å². The molecule has 1 aliphatic heterocycles. The van der Waals surface area contributed by atoms with E-state index in [4.69, 9.17) is 0 Å². The van der Waals surface area contributed by atoms with Gasteiger partial charge in [0.2, 0.25) is 0 Å². The van der Waals surface area contributed by atoms with Crippen LogP contribution in [-0.4, -0.2) is 23.0 Å². The van der Waals surface area contributed by atoms with Gasteiger partial charge in [-0.05, 0) is 38.1 Å². The lowest BCUT2D eigenvalue weighted by atomic mass is 10.1. The minimum atomic E-state index is -0.197. The Bertz CT molecular complexity index is 547. The highest BCUT2D eigenvalue weighted by Crippen LogP contribution is 2.25. The second-order valence-corrected chi connectivity index (χ2v) is 5.89. The summed E-state index contributed by atoms with van der Waals surface area (Å²) in [4.78, 5) is 7.01. The van der Waals surface area contributed by atoms with Gasteiger partial charge in [0, 0.05) is 10.9 Å². The molecule has 2 aromatic rings. The highest BCUT2D eigenvalue weighted by molar-refractivity contribution is 7.09. The summed E-state index contributed by atoms with van der Waals surface area (Å²) < 4.78 is 13.7. The fourth-order valence-electron chi connectivity index (χ4n) is 2.48. The molecule has 1 aromatic heterocycles. The Kier molecular flexibility index (Phi) is 3.89. The molecule has 19 heavy (non-hydrogen) atoms. The number of aromatic nitrogens is 1. The molecule has 1 saturated heterocycles. The maximum atomic E-state index is 13.7. The third-order valence-corrected chi connectivity index (χ3v) is 4.34. The first-order valence-electron chi connectivity index (χ1n) is 6.74. The van der Waals surface area contributed by atoms with Crippen molar-refractivity contribution >= 4 is 11.3 Å². The molecule has 0 saturated carbocycles. The molecule has 1 aromatic carbocycles. The lowest BCUT2D eigenvalue weighted by Gasteiger charge is -2.25. The summed E-state index contributed by atoms with van der Waals surface area (Å²) in [6.07, 6.45) is 3.91. The Balaban J connectivity index is 1.74. The molecule has 0 radical (unpaired) electrons. The molecule has 3 rings (SSSR count). The molecule has 1 fully saturated rings. The zero-order valence-corrected chi connectivity index (χ0v) is 11.6. The topological polar surface area (TPSA) is 16.1 Å². The molecular weight excluding hydrogens is 259 g/mol. The normalized spacial score (nSPS) is 16.7. The number of nitrogens with zero attached hydrogens (tertiary/aromatic N) is 2. The molecule has 2 heterocycles. The Labute approximate surface area is 116 Å². The van der Waals surface area contributed by atoms with Crippen LogP contribution in [0.2, 0.25) is 0 Å². The highest BCUT2D eigenvalue weighted by atomic mass is 32.1. The molecule has 2 nitrogen and oxygen atoms in total. The van der Waals surface area contributed by atoms with E-state index in [1.807, 2.05) is 11.4 Å². The van der Waals surface area contributed by atoms with E-state index in [9.17, 15) is 4.39 Å². The summed E-state index contributed by atoms with van der Waals surface area (Å²) in [5.41, 5.74) is 1.36. The average Bonchev–Trinajstić information content (AvgIpc) is 2.89. The number of halogens is 1. The number of hydrogen-bond donors (Lipinski definition) is 0. The first kappa shape index (κ1) is 12.8. The van der Waals surface area contributed by atoms with Crippen molar-refractivity contribution in [3.8, 4) is 11.3 Å². The van der Waals surface area contributed by atoms with Gasteiger partial charge < -0.3 is 0 Å². The number of rotatable bonds is 3. The molecule has 0 spiro atoms. The smallest absolute Gasteiger partial charge is 0.132 e. The second-order valence-electron chi connectivity index (χ2n) is 4.94. The van der Waals surface area contributed by atoms with E-state index in [0.29, 0.717) is 5.56 Å². The maximum Gasteiger partial charge on any atom is 0.132 e. The fourth-order valence-corrected chi connectivity index (χ4v) is 3.32. The number of likely N-dealkylation sites (tertiary alicyclic amines) is 1. The van der Waals surface area contributed by atoms with E-state index < -0.39 is 0 Å². The van der Waals surface area contributed by atoms with E-state index in [2.05, 4.69) is 9.88 Å². The first-order chi connectivity index (χ1) is 9.33. The Morgan fingerprint density at radius 1 is 1.16 bits per heavy atom. The Morgan fingerprint density at radius 2 is 1.95 bits per heavy atom. The molecule has 0 bridgehead atoms. The average molecular weight is 276 g/mol. The summed E-state index contributed by atoms with van der Waals surface area (Å²) >= 11 is 1.63. The summed E-state index contributed by atoms with van der Waals surface area (Å²) in [5, 5.41) is 3.04. The highest BCUT2D eigenvalue weighted by Gasteiger charge is 2.14. The Hall–Kier alpha value is -1.26. The zero-order valence-electron chi connectivity index (χ0n) is 10.8. The van der Waals surface area contributed by atoms with Gasteiger partial charge in [0.15, 0.2) is 0 Å². The SMILES string of the molecule is Fc1ccccc1-c1csc(CN2CCCCC2)n1. The summed E-state index contributed by atoms with van der Waals surface area (Å²) in [6.45, 7) is 3.22. The lowest BCUT2D eigenvalue weighted by molar-refractivity contribution is 0.220. The number of benzene rings is 1. The van der Waals surface area contributed by atoms with Crippen molar-refractivity contribution in [1.82, 2.24) is 9.88 Å². The van der Waals surface area contributed by atoms with E-state index in [1.165, 1.54) is 25.3 Å². The van der Waals surface area contributed by atoms with Crippen molar-refractivity contribution in [2.45, 2.75) is 25.8 Å². The van der Waals surface area contributed by atoms with Gasteiger partial charge >= 0.3 is 0 Å². The largest absolute Gasteiger partial charge is 0.297 e. The molecule has 0 N–H and O–H groups in total. The molecule has 100 valence electrons. The van der Waals surface area contributed by atoms with Crippen LogP contribution in [-0.2, 0) is 6.54 Å².